The van der Waals surface area contributed by atoms with Crippen LogP contribution in [0.15, 0.2) is 18.5 Å². The zero-order valence-corrected chi connectivity index (χ0v) is 12.2. The predicted molar refractivity (Wildman–Crippen MR) is 78.4 cm³/mol. The Labute approximate surface area is 120 Å². The Morgan fingerprint density at radius 2 is 2.10 bits per heavy atom. The van der Waals surface area contributed by atoms with Gasteiger partial charge in [-0.1, -0.05) is 13.3 Å². The zero-order valence-electron chi connectivity index (χ0n) is 12.2. The minimum Gasteiger partial charge on any atom is -0.396 e. The van der Waals surface area contributed by atoms with Gasteiger partial charge >= 0.3 is 0 Å². The molecule has 1 heterocycles. The van der Waals surface area contributed by atoms with Crippen molar-refractivity contribution in [2.45, 2.75) is 26.2 Å². The molecule has 0 saturated heterocycles. The average Bonchev–Trinajstić information content (AvgIpc) is 2.46. The summed E-state index contributed by atoms with van der Waals surface area (Å²) >= 11 is 0. The van der Waals surface area contributed by atoms with Crippen molar-refractivity contribution >= 4 is 11.9 Å². The number of likely N-dealkylation sites (N-methyl/N-ethyl adjacent to an activating group) is 1. The maximum Gasteiger partial charge on any atom is 0.239 e. The van der Waals surface area contributed by atoms with Gasteiger partial charge in [0, 0.05) is 32.6 Å². The first kappa shape index (κ1) is 16.4. The van der Waals surface area contributed by atoms with E-state index in [4.69, 9.17) is 5.11 Å². The SMILES string of the molecule is CCCC(CCO)CNC(=O)CN(C)c1ncccn1. The van der Waals surface area contributed by atoms with Crippen LogP contribution in [0.3, 0.4) is 0 Å². The highest BCUT2D eigenvalue weighted by Gasteiger charge is 2.12. The molecule has 0 aromatic carbocycles. The van der Waals surface area contributed by atoms with Gasteiger partial charge in [0.15, 0.2) is 0 Å². The Bertz CT molecular complexity index is 380. The number of carbonyl (C=O) groups is 1. The Morgan fingerprint density at radius 1 is 1.40 bits per heavy atom. The van der Waals surface area contributed by atoms with Gasteiger partial charge in [-0.05, 0) is 24.8 Å². The Hall–Kier alpha value is -1.69. The van der Waals surface area contributed by atoms with Crippen molar-refractivity contribution in [3.8, 4) is 0 Å². The quantitative estimate of drug-likeness (QED) is 0.700. The third-order valence-electron chi connectivity index (χ3n) is 3.10. The molecule has 2 N–H and O–H groups in total. The molecule has 6 nitrogen and oxygen atoms in total. The monoisotopic (exact) mass is 280 g/mol. The number of carbonyl (C=O) groups excluding carboxylic acids is 1. The number of aliphatic hydroxyl groups excluding tert-OH is 1. The highest BCUT2D eigenvalue weighted by atomic mass is 16.3. The van der Waals surface area contributed by atoms with E-state index >= 15 is 0 Å². The Kier molecular flexibility index (Phi) is 7.57. The smallest absolute Gasteiger partial charge is 0.239 e. The van der Waals surface area contributed by atoms with Crippen molar-refractivity contribution in [1.29, 1.82) is 0 Å². The van der Waals surface area contributed by atoms with Gasteiger partial charge in [-0.15, -0.1) is 0 Å². The molecule has 1 rings (SSSR count). The van der Waals surface area contributed by atoms with Crippen LogP contribution in [0.5, 0.6) is 0 Å². The molecular weight excluding hydrogens is 256 g/mol. The molecule has 1 unspecified atom stereocenters. The van der Waals surface area contributed by atoms with Gasteiger partial charge in [0.2, 0.25) is 11.9 Å². The summed E-state index contributed by atoms with van der Waals surface area (Å²) < 4.78 is 0. The summed E-state index contributed by atoms with van der Waals surface area (Å²) in [7, 11) is 1.78. The second kappa shape index (κ2) is 9.25. The van der Waals surface area contributed by atoms with Crippen LogP contribution in [-0.2, 0) is 4.79 Å². The van der Waals surface area contributed by atoms with E-state index in [1.807, 2.05) is 0 Å². The molecule has 112 valence electrons. The van der Waals surface area contributed by atoms with E-state index in [1.54, 1.807) is 30.4 Å². The van der Waals surface area contributed by atoms with Crippen LogP contribution in [-0.4, -0.2) is 47.7 Å². The molecule has 1 atom stereocenters. The molecule has 1 amide bonds. The van der Waals surface area contributed by atoms with E-state index in [1.165, 1.54) is 0 Å². The number of amides is 1. The van der Waals surface area contributed by atoms with Gasteiger partial charge in [-0.3, -0.25) is 4.79 Å². The number of aliphatic hydroxyl groups is 1. The minimum atomic E-state index is -0.0565. The molecule has 0 aliphatic rings. The van der Waals surface area contributed by atoms with Gasteiger partial charge in [-0.2, -0.15) is 0 Å². The minimum absolute atomic E-state index is 0.0565. The van der Waals surface area contributed by atoms with Crippen molar-refractivity contribution in [3.63, 3.8) is 0 Å². The molecule has 6 heteroatoms. The Balaban J connectivity index is 2.35. The van der Waals surface area contributed by atoms with Gasteiger partial charge in [0.05, 0.1) is 6.54 Å². The lowest BCUT2D eigenvalue weighted by Gasteiger charge is -2.19. The van der Waals surface area contributed by atoms with Crippen molar-refractivity contribution in [2.24, 2.45) is 5.92 Å². The summed E-state index contributed by atoms with van der Waals surface area (Å²) in [6.45, 7) is 3.10. The highest BCUT2D eigenvalue weighted by Crippen LogP contribution is 2.09. The summed E-state index contributed by atoms with van der Waals surface area (Å²) in [6, 6.07) is 1.74. The predicted octanol–water partition coefficient (Wildman–Crippen LogP) is 0.828. The lowest BCUT2D eigenvalue weighted by atomic mass is 10.0. The summed E-state index contributed by atoms with van der Waals surface area (Å²) in [6.07, 6.45) is 6.09. The first-order valence-electron chi connectivity index (χ1n) is 7.03. The standard InChI is InChI=1S/C14H24N4O2/c1-3-5-12(6-9-19)10-17-13(20)11-18(2)14-15-7-4-8-16-14/h4,7-8,12,19H,3,5-6,9-11H2,1-2H3,(H,17,20). The largest absolute Gasteiger partial charge is 0.396 e. The van der Waals surface area contributed by atoms with E-state index in [-0.39, 0.29) is 19.1 Å². The number of anilines is 1. The third-order valence-corrected chi connectivity index (χ3v) is 3.10. The first-order valence-corrected chi connectivity index (χ1v) is 7.03. The van der Waals surface area contributed by atoms with Gasteiger partial charge in [0.1, 0.15) is 0 Å². The van der Waals surface area contributed by atoms with Crippen molar-refractivity contribution in [3.05, 3.63) is 18.5 Å². The topological polar surface area (TPSA) is 78.4 Å². The maximum absolute atomic E-state index is 11.9. The lowest BCUT2D eigenvalue weighted by Crippen LogP contribution is -2.38. The summed E-state index contributed by atoms with van der Waals surface area (Å²) in [5.41, 5.74) is 0. The molecule has 1 aromatic rings. The molecule has 0 saturated carbocycles. The van der Waals surface area contributed by atoms with E-state index in [0.29, 0.717) is 18.4 Å². The summed E-state index contributed by atoms with van der Waals surface area (Å²) in [5.74, 6) is 0.814. The number of nitrogens with zero attached hydrogens (tertiary/aromatic N) is 3. The van der Waals surface area contributed by atoms with E-state index in [9.17, 15) is 4.79 Å². The van der Waals surface area contributed by atoms with Crippen LogP contribution < -0.4 is 10.2 Å². The molecule has 0 bridgehead atoms. The van der Waals surface area contributed by atoms with E-state index in [2.05, 4.69) is 22.2 Å². The van der Waals surface area contributed by atoms with Crippen molar-refractivity contribution in [1.82, 2.24) is 15.3 Å². The number of hydrogen-bond acceptors (Lipinski definition) is 5. The lowest BCUT2D eigenvalue weighted by molar-refractivity contribution is -0.120. The fraction of sp³-hybridized carbons (Fsp3) is 0.643. The third kappa shape index (κ3) is 5.97. The molecule has 0 aliphatic heterocycles. The zero-order chi connectivity index (χ0) is 14.8. The van der Waals surface area contributed by atoms with Crippen molar-refractivity contribution < 1.29 is 9.90 Å². The van der Waals surface area contributed by atoms with E-state index in [0.717, 1.165) is 19.3 Å². The summed E-state index contributed by atoms with van der Waals surface area (Å²) in [4.78, 5) is 21.7. The number of nitrogens with one attached hydrogen (secondary N) is 1. The van der Waals surface area contributed by atoms with Crippen LogP contribution in [0.4, 0.5) is 5.95 Å². The number of rotatable bonds is 9. The molecule has 0 fully saturated rings. The second-order valence-electron chi connectivity index (χ2n) is 4.88. The van der Waals surface area contributed by atoms with Crippen LogP contribution in [0.1, 0.15) is 26.2 Å². The van der Waals surface area contributed by atoms with Crippen LogP contribution >= 0.6 is 0 Å². The molecule has 20 heavy (non-hydrogen) atoms. The van der Waals surface area contributed by atoms with Gasteiger partial charge in [0.25, 0.3) is 0 Å². The van der Waals surface area contributed by atoms with Crippen molar-refractivity contribution in [2.75, 3.05) is 31.6 Å². The normalized spacial score (nSPS) is 11.9. The maximum atomic E-state index is 11.9. The van der Waals surface area contributed by atoms with Gasteiger partial charge < -0.3 is 15.3 Å². The highest BCUT2D eigenvalue weighted by molar-refractivity contribution is 5.80. The van der Waals surface area contributed by atoms with Gasteiger partial charge in [-0.25, -0.2) is 9.97 Å². The number of hydrogen-bond donors (Lipinski definition) is 2. The second-order valence-corrected chi connectivity index (χ2v) is 4.88. The van der Waals surface area contributed by atoms with Crippen LogP contribution in [0.2, 0.25) is 0 Å². The fourth-order valence-corrected chi connectivity index (χ4v) is 2.03. The van der Waals surface area contributed by atoms with Crippen LogP contribution in [0.25, 0.3) is 0 Å². The molecular formula is C14H24N4O2. The molecule has 0 spiro atoms. The fourth-order valence-electron chi connectivity index (χ4n) is 2.03. The Morgan fingerprint density at radius 3 is 2.70 bits per heavy atom. The molecule has 0 aliphatic carbocycles. The first-order chi connectivity index (χ1) is 9.67. The molecule has 1 aromatic heterocycles. The van der Waals surface area contributed by atoms with E-state index < -0.39 is 0 Å². The van der Waals surface area contributed by atoms with Crippen LogP contribution in [0, 0.1) is 5.92 Å². The summed E-state index contributed by atoms with van der Waals surface area (Å²) in [5, 5.41) is 11.9. The molecule has 0 radical (unpaired) electrons. The average molecular weight is 280 g/mol. The number of aromatic nitrogens is 2.